The molecule has 1 aliphatic rings. The molecule has 0 radical (unpaired) electrons. The number of benzene rings is 1. The van der Waals surface area contributed by atoms with Gasteiger partial charge in [-0.05, 0) is 40.9 Å². The monoisotopic (exact) mass is 387 g/mol. The second kappa shape index (κ2) is 8.67. The van der Waals surface area contributed by atoms with Crippen molar-refractivity contribution in [2.75, 3.05) is 20.0 Å². The summed E-state index contributed by atoms with van der Waals surface area (Å²) in [6, 6.07) is 4.23. The van der Waals surface area contributed by atoms with Crippen molar-refractivity contribution in [3.63, 3.8) is 0 Å². The number of amides is 1. The number of hydrogen-bond acceptors (Lipinski definition) is 4. The molecule has 122 valence electrons. The molecule has 1 saturated carbocycles. The van der Waals surface area contributed by atoms with Gasteiger partial charge in [0.2, 0.25) is 5.91 Å². The molecule has 0 aliphatic heterocycles. The van der Waals surface area contributed by atoms with Gasteiger partial charge >= 0.3 is 0 Å². The van der Waals surface area contributed by atoms with Gasteiger partial charge in [-0.2, -0.15) is 0 Å². The molecule has 0 bridgehead atoms. The van der Waals surface area contributed by atoms with Crippen molar-refractivity contribution in [3.8, 4) is 11.5 Å². The zero-order valence-corrected chi connectivity index (χ0v) is 15.4. The Kier molecular flexibility index (Phi) is 6.89. The third-order valence-corrected chi connectivity index (χ3v) is 5.37. The zero-order chi connectivity index (χ0) is 15.9. The van der Waals surface area contributed by atoms with Crippen molar-refractivity contribution in [2.45, 2.75) is 37.5 Å². The van der Waals surface area contributed by atoms with E-state index in [2.05, 4.69) is 21.2 Å². The highest BCUT2D eigenvalue weighted by atomic mass is 79.9. The van der Waals surface area contributed by atoms with Crippen molar-refractivity contribution in [1.82, 2.24) is 5.32 Å². The predicted molar refractivity (Wildman–Crippen MR) is 93.8 cm³/mol. The van der Waals surface area contributed by atoms with Crippen LogP contribution in [0.25, 0.3) is 0 Å². The average molecular weight is 388 g/mol. The van der Waals surface area contributed by atoms with E-state index in [0.717, 1.165) is 34.4 Å². The van der Waals surface area contributed by atoms with E-state index in [1.807, 2.05) is 12.1 Å². The normalized spacial score (nSPS) is 14.9. The molecule has 0 atom stereocenters. The topological polar surface area (TPSA) is 47.6 Å². The summed E-state index contributed by atoms with van der Waals surface area (Å²) < 4.78 is 11.6. The van der Waals surface area contributed by atoms with Gasteiger partial charge in [0.05, 0.1) is 24.4 Å². The lowest BCUT2D eigenvalue weighted by atomic mass is 10.2. The molecule has 2 rings (SSSR count). The minimum absolute atomic E-state index is 0.125. The maximum absolute atomic E-state index is 11.9. The van der Waals surface area contributed by atoms with Crippen LogP contribution in [-0.4, -0.2) is 31.9 Å². The molecule has 0 unspecified atom stereocenters. The second-order valence-electron chi connectivity index (χ2n) is 5.34. The van der Waals surface area contributed by atoms with Crippen LogP contribution in [0.15, 0.2) is 16.6 Å². The van der Waals surface area contributed by atoms with E-state index in [1.165, 1.54) is 12.8 Å². The first kappa shape index (κ1) is 17.5. The summed E-state index contributed by atoms with van der Waals surface area (Å²) in [5.74, 6) is 2.88. The van der Waals surface area contributed by atoms with E-state index in [9.17, 15) is 4.79 Å². The highest BCUT2D eigenvalue weighted by molar-refractivity contribution is 9.10. The first-order valence-corrected chi connectivity index (χ1v) is 9.36. The van der Waals surface area contributed by atoms with Crippen LogP contribution in [0.3, 0.4) is 0 Å². The Morgan fingerprint density at radius 1 is 1.27 bits per heavy atom. The lowest BCUT2D eigenvalue weighted by Crippen LogP contribution is -2.33. The number of methoxy groups -OCH3 is 2. The Morgan fingerprint density at radius 2 is 1.95 bits per heavy atom. The maximum Gasteiger partial charge on any atom is 0.230 e. The molecule has 1 aromatic carbocycles. The van der Waals surface area contributed by atoms with Gasteiger partial charge in [0.15, 0.2) is 0 Å². The summed E-state index contributed by atoms with van der Waals surface area (Å²) in [5.41, 5.74) is 1.03. The fourth-order valence-corrected chi connectivity index (χ4v) is 3.93. The molecule has 1 aliphatic carbocycles. The largest absolute Gasteiger partial charge is 0.496 e. The van der Waals surface area contributed by atoms with E-state index >= 15 is 0 Å². The van der Waals surface area contributed by atoms with Crippen LogP contribution < -0.4 is 14.8 Å². The van der Waals surface area contributed by atoms with Crippen molar-refractivity contribution in [3.05, 3.63) is 22.2 Å². The summed E-state index contributed by atoms with van der Waals surface area (Å²) >= 11 is 5.04. The number of ether oxygens (including phenoxy) is 2. The Labute approximate surface area is 144 Å². The summed E-state index contributed by atoms with van der Waals surface area (Å²) in [7, 11) is 3.29. The van der Waals surface area contributed by atoms with Gasteiger partial charge in [0, 0.05) is 17.4 Å². The first-order chi connectivity index (χ1) is 10.6. The number of halogens is 1. The second-order valence-corrected chi connectivity index (χ2v) is 7.18. The summed E-state index contributed by atoms with van der Waals surface area (Å²) in [6.45, 7) is 0. The lowest BCUT2D eigenvalue weighted by molar-refractivity contribution is -0.119. The quantitative estimate of drug-likeness (QED) is 0.773. The first-order valence-electron chi connectivity index (χ1n) is 7.41. The predicted octanol–water partition coefficient (Wildman–Crippen LogP) is 3.76. The molecule has 1 aromatic rings. The molecule has 6 heteroatoms. The van der Waals surface area contributed by atoms with Gasteiger partial charge in [-0.3, -0.25) is 4.79 Å². The van der Waals surface area contributed by atoms with Crippen molar-refractivity contribution in [1.29, 1.82) is 0 Å². The van der Waals surface area contributed by atoms with E-state index in [1.54, 1.807) is 26.0 Å². The molecule has 0 aromatic heterocycles. The number of carbonyl (C=O) groups is 1. The van der Waals surface area contributed by atoms with Crippen LogP contribution in [0.4, 0.5) is 0 Å². The van der Waals surface area contributed by atoms with Gasteiger partial charge in [-0.25, -0.2) is 0 Å². The highest BCUT2D eigenvalue weighted by Crippen LogP contribution is 2.34. The van der Waals surface area contributed by atoms with Crippen LogP contribution in [0, 0.1) is 0 Å². The highest BCUT2D eigenvalue weighted by Gasteiger charge is 2.17. The van der Waals surface area contributed by atoms with E-state index in [0.29, 0.717) is 17.5 Å². The maximum atomic E-state index is 11.9. The third kappa shape index (κ3) is 4.81. The Hall–Kier alpha value is -0.880. The fourth-order valence-electron chi connectivity index (χ4n) is 2.63. The van der Waals surface area contributed by atoms with Gasteiger partial charge in [0.1, 0.15) is 11.5 Å². The number of hydrogen-bond donors (Lipinski definition) is 1. The zero-order valence-electron chi connectivity index (χ0n) is 13.0. The fraction of sp³-hybridized carbons (Fsp3) is 0.562. The van der Waals surface area contributed by atoms with Crippen LogP contribution in [0.5, 0.6) is 11.5 Å². The van der Waals surface area contributed by atoms with E-state index in [-0.39, 0.29) is 5.91 Å². The number of thioether (sulfide) groups is 1. The van der Waals surface area contributed by atoms with Crippen LogP contribution in [0.2, 0.25) is 0 Å². The number of nitrogens with one attached hydrogen (secondary N) is 1. The summed E-state index contributed by atoms with van der Waals surface area (Å²) in [4.78, 5) is 11.9. The minimum Gasteiger partial charge on any atom is -0.496 e. The Balaban J connectivity index is 1.86. The van der Waals surface area contributed by atoms with Crippen molar-refractivity contribution >= 4 is 33.6 Å². The lowest BCUT2D eigenvalue weighted by Gasteiger charge is -2.13. The number of rotatable bonds is 7. The Morgan fingerprint density at radius 3 is 2.59 bits per heavy atom. The molecule has 1 fully saturated rings. The van der Waals surface area contributed by atoms with Gasteiger partial charge < -0.3 is 14.8 Å². The summed E-state index contributed by atoms with van der Waals surface area (Å²) in [5, 5.41) is 3.10. The summed E-state index contributed by atoms with van der Waals surface area (Å²) in [6.07, 6.45) is 4.70. The molecule has 4 nitrogen and oxygen atoms in total. The van der Waals surface area contributed by atoms with Gasteiger partial charge in [-0.15, -0.1) is 11.8 Å². The third-order valence-electron chi connectivity index (χ3n) is 3.77. The van der Waals surface area contributed by atoms with E-state index < -0.39 is 0 Å². The van der Waals surface area contributed by atoms with Gasteiger partial charge in [0.25, 0.3) is 0 Å². The molecule has 0 spiro atoms. The van der Waals surface area contributed by atoms with Crippen molar-refractivity contribution < 1.29 is 14.3 Å². The molecular formula is C16H22BrNO3S. The minimum atomic E-state index is 0.125. The average Bonchev–Trinajstić information content (AvgIpc) is 3.01. The molecule has 1 amide bonds. The smallest absolute Gasteiger partial charge is 0.230 e. The molecular weight excluding hydrogens is 366 g/mol. The van der Waals surface area contributed by atoms with Crippen molar-refractivity contribution in [2.24, 2.45) is 0 Å². The molecule has 1 N–H and O–H groups in total. The van der Waals surface area contributed by atoms with Crippen LogP contribution in [0.1, 0.15) is 31.2 Å². The Bertz CT molecular complexity index is 518. The van der Waals surface area contributed by atoms with Gasteiger partial charge in [-0.1, -0.05) is 12.8 Å². The van der Waals surface area contributed by atoms with Crippen LogP contribution in [-0.2, 0) is 10.5 Å². The molecule has 0 saturated heterocycles. The van der Waals surface area contributed by atoms with Crippen LogP contribution >= 0.6 is 27.7 Å². The SMILES string of the molecule is COc1cc(CSCC(=O)NC2CCCC2)c(OC)cc1Br. The molecule has 22 heavy (non-hydrogen) atoms. The van der Waals surface area contributed by atoms with E-state index in [4.69, 9.17) is 9.47 Å². The molecule has 0 heterocycles. The standard InChI is InChI=1S/C16H22BrNO3S/c1-20-14-8-13(17)15(21-2)7-11(14)9-22-10-16(19)18-12-5-3-4-6-12/h7-8,12H,3-6,9-10H2,1-2H3,(H,18,19). The number of carbonyl (C=O) groups excluding carboxylic acids is 1.